The van der Waals surface area contributed by atoms with Crippen LogP contribution in [0.1, 0.15) is 25.0 Å². The molecule has 2 fully saturated rings. The van der Waals surface area contributed by atoms with E-state index < -0.39 is 0 Å². The van der Waals surface area contributed by atoms with Crippen molar-refractivity contribution in [2.45, 2.75) is 19.4 Å². The molecule has 3 rings (SSSR count). The van der Waals surface area contributed by atoms with Gasteiger partial charge in [-0.25, -0.2) is 4.39 Å². The van der Waals surface area contributed by atoms with Crippen LogP contribution in [0.3, 0.4) is 0 Å². The Kier molecular flexibility index (Phi) is 3.95. The van der Waals surface area contributed by atoms with E-state index in [1.165, 1.54) is 6.07 Å². The Bertz CT molecular complexity index is 529. The minimum absolute atomic E-state index is 0.150. The first-order valence-electron chi connectivity index (χ1n) is 7.46. The van der Waals surface area contributed by atoms with Crippen LogP contribution in [0, 0.1) is 11.2 Å². The van der Waals surface area contributed by atoms with Crippen LogP contribution >= 0.6 is 0 Å². The van der Waals surface area contributed by atoms with Crippen LogP contribution in [0.15, 0.2) is 24.3 Å². The lowest BCUT2D eigenvalue weighted by Gasteiger charge is -2.37. The highest BCUT2D eigenvalue weighted by atomic mass is 19.1. The summed E-state index contributed by atoms with van der Waals surface area (Å²) in [6.07, 6.45) is 0.481. The number of amides is 1. The molecule has 0 spiro atoms. The number of hydrogen-bond donors (Lipinski definition) is 1. The van der Waals surface area contributed by atoms with Crippen LogP contribution in [0.25, 0.3) is 0 Å². The first-order chi connectivity index (χ1) is 10.1. The number of ether oxygens (including phenoxy) is 1. The Hall–Kier alpha value is -1.46. The third-order valence-electron chi connectivity index (χ3n) is 4.49. The van der Waals surface area contributed by atoms with Crippen molar-refractivity contribution in [1.29, 1.82) is 0 Å². The van der Waals surface area contributed by atoms with E-state index >= 15 is 0 Å². The van der Waals surface area contributed by atoms with E-state index in [1.807, 2.05) is 11.8 Å². The summed E-state index contributed by atoms with van der Waals surface area (Å²) in [5, 5.41) is 3.25. The van der Waals surface area contributed by atoms with Crippen molar-refractivity contribution in [2.75, 3.05) is 32.8 Å². The SMILES string of the molecule is C[C@@]1(C(=O)N2CCO[C@@H](c3ccccc3F)C2)CCNC1. The monoisotopic (exact) mass is 292 g/mol. The van der Waals surface area contributed by atoms with Crippen molar-refractivity contribution in [1.82, 2.24) is 10.2 Å². The van der Waals surface area contributed by atoms with Gasteiger partial charge in [-0.2, -0.15) is 0 Å². The average Bonchev–Trinajstić information content (AvgIpc) is 2.95. The van der Waals surface area contributed by atoms with E-state index in [0.717, 1.165) is 13.0 Å². The number of benzene rings is 1. The fraction of sp³-hybridized carbons (Fsp3) is 0.562. The first-order valence-corrected chi connectivity index (χ1v) is 7.46. The number of hydrogen-bond acceptors (Lipinski definition) is 3. The molecule has 0 aliphatic carbocycles. The summed E-state index contributed by atoms with van der Waals surface area (Å²) in [7, 11) is 0. The summed E-state index contributed by atoms with van der Waals surface area (Å²) in [6, 6.07) is 6.62. The lowest BCUT2D eigenvalue weighted by Crippen LogP contribution is -2.49. The molecule has 21 heavy (non-hydrogen) atoms. The Balaban J connectivity index is 1.74. The molecule has 0 saturated carbocycles. The minimum Gasteiger partial charge on any atom is -0.370 e. The summed E-state index contributed by atoms with van der Waals surface area (Å²) < 4.78 is 19.6. The van der Waals surface area contributed by atoms with Crippen LogP contribution in [0.4, 0.5) is 4.39 Å². The molecular weight excluding hydrogens is 271 g/mol. The Morgan fingerprint density at radius 1 is 1.48 bits per heavy atom. The van der Waals surface area contributed by atoms with Crippen LogP contribution in [-0.4, -0.2) is 43.6 Å². The topological polar surface area (TPSA) is 41.6 Å². The number of rotatable bonds is 2. The molecule has 1 aromatic rings. The zero-order valence-corrected chi connectivity index (χ0v) is 12.3. The van der Waals surface area contributed by atoms with E-state index in [9.17, 15) is 9.18 Å². The van der Waals surface area contributed by atoms with Gasteiger partial charge in [-0.1, -0.05) is 18.2 Å². The Morgan fingerprint density at radius 2 is 2.29 bits per heavy atom. The highest BCUT2D eigenvalue weighted by molar-refractivity contribution is 5.83. The van der Waals surface area contributed by atoms with E-state index in [0.29, 0.717) is 31.8 Å². The minimum atomic E-state index is -0.373. The van der Waals surface area contributed by atoms with Gasteiger partial charge in [-0.05, 0) is 26.0 Å². The van der Waals surface area contributed by atoms with Gasteiger partial charge in [-0.15, -0.1) is 0 Å². The molecule has 0 radical (unpaired) electrons. The van der Waals surface area contributed by atoms with Crippen molar-refractivity contribution in [2.24, 2.45) is 5.41 Å². The summed E-state index contributed by atoms with van der Waals surface area (Å²) in [6.45, 7) is 5.06. The molecule has 5 heteroatoms. The van der Waals surface area contributed by atoms with E-state index in [1.54, 1.807) is 18.2 Å². The second kappa shape index (κ2) is 5.73. The largest absolute Gasteiger partial charge is 0.370 e. The maximum Gasteiger partial charge on any atom is 0.230 e. The highest BCUT2D eigenvalue weighted by Crippen LogP contribution is 2.31. The van der Waals surface area contributed by atoms with Crippen molar-refractivity contribution < 1.29 is 13.9 Å². The van der Waals surface area contributed by atoms with Crippen molar-refractivity contribution in [3.05, 3.63) is 35.6 Å². The van der Waals surface area contributed by atoms with Gasteiger partial charge in [0.1, 0.15) is 11.9 Å². The summed E-state index contributed by atoms with van der Waals surface area (Å²) in [4.78, 5) is 14.5. The molecule has 0 aromatic heterocycles. The standard InChI is InChI=1S/C16H21FN2O2/c1-16(6-7-18-11-16)15(20)19-8-9-21-14(10-19)12-4-2-3-5-13(12)17/h2-5,14,18H,6-11H2,1H3/t14-,16-/m1/s1. The van der Waals surface area contributed by atoms with Gasteiger partial charge in [0.15, 0.2) is 0 Å². The predicted octanol–water partition coefficient (Wildman–Crippen LogP) is 1.73. The number of nitrogens with one attached hydrogen (secondary N) is 1. The first kappa shape index (κ1) is 14.5. The van der Waals surface area contributed by atoms with E-state index in [-0.39, 0.29) is 23.2 Å². The van der Waals surface area contributed by atoms with Crippen LogP contribution < -0.4 is 5.32 Å². The van der Waals surface area contributed by atoms with Crippen molar-refractivity contribution >= 4 is 5.91 Å². The molecule has 1 amide bonds. The van der Waals surface area contributed by atoms with E-state index in [4.69, 9.17) is 4.74 Å². The molecular formula is C16H21FN2O2. The Morgan fingerprint density at radius 3 is 3.00 bits per heavy atom. The number of nitrogens with zero attached hydrogens (tertiary/aromatic N) is 1. The number of morpholine rings is 1. The second-order valence-electron chi connectivity index (χ2n) is 6.12. The molecule has 2 saturated heterocycles. The molecule has 0 bridgehead atoms. The normalized spacial score (nSPS) is 29.6. The maximum absolute atomic E-state index is 13.9. The molecule has 2 aliphatic heterocycles. The third kappa shape index (κ3) is 2.80. The quantitative estimate of drug-likeness (QED) is 0.902. The molecule has 114 valence electrons. The van der Waals surface area contributed by atoms with Crippen molar-refractivity contribution in [3.8, 4) is 0 Å². The second-order valence-corrected chi connectivity index (χ2v) is 6.12. The van der Waals surface area contributed by atoms with Crippen LogP contribution in [0.2, 0.25) is 0 Å². The fourth-order valence-corrected chi connectivity index (χ4v) is 3.14. The van der Waals surface area contributed by atoms with Gasteiger partial charge in [0.05, 0.1) is 18.6 Å². The lowest BCUT2D eigenvalue weighted by molar-refractivity contribution is -0.148. The summed E-state index contributed by atoms with van der Waals surface area (Å²) in [5.41, 5.74) is 0.196. The smallest absolute Gasteiger partial charge is 0.230 e. The zero-order chi connectivity index (χ0) is 14.9. The number of halogens is 1. The molecule has 0 unspecified atom stereocenters. The van der Waals surface area contributed by atoms with E-state index in [2.05, 4.69) is 5.32 Å². The van der Waals surface area contributed by atoms with Gasteiger partial charge in [0.25, 0.3) is 0 Å². The van der Waals surface area contributed by atoms with Gasteiger partial charge in [0.2, 0.25) is 5.91 Å². The number of carbonyl (C=O) groups excluding carboxylic acids is 1. The third-order valence-corrected chi connectivity index (χ3v) is 4.49. The number of carbonyl (C=O) groups is 1. The van der Waals surface area contributed by atoms with Crippen molar-refractivity contribution in [3.63, 3.8) is 0 Å². The summed E-state index contributed by atoms with van der Waals surface area (Å²) >= 11 is 0. The average molecular weight is 292 g/mol. The molecule has 1 aromatic carbocycles. The zero-order valence-electron chi connectivity index (χ0n) is 12.3. The molecule has 1 N–H and O–H groups in total. The van der Waals surface area contributed by atoms with Crippen LogP contribution in [0.5, 0.6) is 0 Å². The van der Waals surface area contributed by atoms with Crippen LogP contribution in [-0.2, 0) is 9.53 Å². The molecule has 4 nitrogen and oxygen atoms in total. The lowest BCUT2D eigenvalue weighted by atomic mass is 9.87. The van der Waals surface area contributed by atoms with Gasteiger partial charge in [0, 0.05) is 18.7 Å². The van der Waals surface area contributed by atoms with Gasteiger partial charge >= 0.3 is 0 Å². The summed E-state index contributed by atoms with van der Waals surface area (Å²) in [5.74, 6) is -0.123. The maximum atomic E-state index is 13.9. The predicted molar refractivity (Wildman–Crippen MR) is 77.3 cm³/mol. The molecule has 2 heterocycles. The van der Waals surface area contributed by atoms with Gasteiger partial charge in [-0.3, -0.25) is 4.79 Å². The molecule has 2 atom stereocenters. The van der Waals surface area contributed by atoms with Gasteiger partial charge < -0.3 is 15.0 Å². The Labute approximate surface area is 124 Å². The fourth-order valence-electron chi connectivity index (χ4n) is 3.14. The molecule has 2 aliphatic rings. The highest BCUT2D eigenvalue weighted by Gasteiger charge is 2.40.